The molecule has 0 unspecified atom stereocenters. The van der Waals surface area contributed by atoms with Gasteiger partial charge in [0.2, 0.25) is 0 Å². The lowest BCUT2D eigenvalue weighted by Gasteiger charge is -2.17. The molecule has 0 aliphatic rings. The molecule has 0 saturated carbocycles. The normalized spacial score (nSPS) is 14.1. The van der Waals surface area contributed by atoms with Crippen LogP contribution in [0.4, 0.5) is 8.78 Å². The van der Waals surface area contributed by atoms with Crippen molar-refractivity contribution in [2.75, 3.05) is 0 Å². The topological polar surface area (TPSA) is 63.3 Å². The standard InChI is InChI=1S/C6H9F2NO2/c1-2-3-4(9)6(7,8)5(10)11/h2,4H,1,3,9H2,(H,10,11)/t4-/m1/s1. The highest BCUT2D eigenvalue weighted by Gasteiger charge is 2.44. The summed E-state index contributed by atoms with van der Waals surface area (Å²) in [5.41, 5.74) is 4.86. The predicted octanol–water partition coefficient (Wildman–Crippen LogP) is 0.610. The Bertz CT molecular complexity index is 170. The largest absolute Gasteiger partial charge is 0.477 e. The van der Waals surface area contributed by atoms with Gasteiger partial charge in [0, 0.05) is 0 Å². The number of carbonyl (C=O) groups is 1. The molecule has 0 fully saturated rings. The summed E-state index contributed by atoms with van der Waals surface area (Å²) < 4.78 is 24.7. The first-order valence-corrected chi connectivity index (χ1v) is 2.90. The van der Waals surface area contributed by atoms with Gasteiger partial charge < -0.3 is 10.8 Å². The Labute approximate surface area is 62.5 Å². The molecule has 0 bridgehead atoms. The first-order chi connectivity index (χ1) is 4.92. The van der Waals surface area contributed by atoms with Crippen molar-refractivity contribution in [2.24, 2.45) is 5.73 Å². The molecule has 0 radical (unpaired) electrons. The van der Waals surface area contributed by atoms with Gasteiger partial charge in [0.15, 0.2) is 0 Å². The summed E-state index contributed by atoms with van der Waals surface area (Å²) in [6, 6.07) is -1.70. The first-order valence-electron chi connectivity index (χ1n) is 2.90. The van der Waals surface area contributed by atoms with Crippen LogP contribution in [0.1, 0.15) is 6.42 Å². The third-order valence-electron chi connectivity index (χ3n) is 1.17. The summed E-state index contributed by atoms with van der Waals surface area (Å²) in [5.74, 6) is -6.07. The Hall–Kier alpha value is -0.970. The number of carboxylic acids is 1. The second-order valence-corrected chi connectivity index (χ2v) is 2.06. The monoisotopic (exact) mass is 165 g/mol. The Morgan fingerprint density at radius 2 is 2.27 bits per heavy atom. The van der Waals surface area contributed by atoms with Crippen molar-refractivity contribution in [3.8, 4) is 0 Å². The summed E-state index contributed by atoms with van der Waals surface area (Å²) in [7, 11) is 0. The number of nitrogens with two attached hydrogens (primary N) is 1. The number of aliphatic carboxylic acids is 1. The molecule has 0 rings (SSSR count). The molecule has 1 atom stereocenters. The van der Waals surface area contributed by atoms with Crippen LogP contribution < -0.4 is 5.73 Å². The van der Waals surface area contributed by atoms with Gasteiger partial charge in [-0.3, -0.25) is 0 Å². The fraction of sp³-hybridized carbons (Fsp3) is 0.500. The SMILES string of the molecule is C=CC[C@@H](N)C(F)(F)C(=O)O. The molecule has 0 aromatic rings. The van der Waals surface area contributed by atoms with E-state index in [-0.39, 0.29) is 6.42 Å². The zero-order chi connectivity index (χ0) is 9.07. The lowest BCUT2D eigenvalue weighted by atomic mass is 10.1. The van der Waals surface area contributed by atoms with Gasteiger partial charge in [0.05, 0.1) is 6.04 Å². The number of carboxylic acid groups (broad SMARTS) is 1. The second-order valence-electron chi connectivity index (χ2n) is 2.06. The predicted molar refractivity (Wildman–Crippen MR) is 35.4 cm³/mol. The number of hydrogen-bond acceptors (Lipinski definition) is 2. The molecule has 3 nitrogen and oxygen atoms in total. The fourth-order valence-electron chi connectivity index (χ4n) is 0.486. The van der Waals surface area contributed by atoms with Gasteiger partial charge in [0.1, 0.15) is 0 Å². The zero-order valence-corrected chi connectivity index (χ0v) is 5.76. The molecular formula is C6H9F2NO2. The van der Waals surface area contributed by atoms with Crippen LogP contribution in [0.15, 0.2) is 12.7 Å². The average molecular weight is 165 g/mol. The van der Waals surface area contributed by atoms with Crippen LogP contribution in [0.25, 0.3) is 0 Å². The van der Waals surface area contributed by atoms with Crippen LogP contribution in [-0.2, 0) is 4.79 Å². The van der Waals surface area contributed by atoms with Gasteiger partial charge in [-0.05, 0) is 6.42 Å². The molecule has 0 heterocycles. The highest BCUT2D eigenvalue weighted by atomic mass is 19.3. The summed E-state index contributed by atoms with van der Waals surface area (Å²) >= 11 is 0. The number of hydrogen-bond donors (Lipinski definition) is 2. The molecule has 0 aromatic carbocycles. The van der Waals surface area contributed by atoms with E-state index in [1.54, 1.807) is 0 Å². The van der Waals surface area contributed by atoms with Gasteiger partial charge in [-0.15, -0.1) is 6.58 Å². The van der Waals surface area contributed by atoms with Crippen LogP contribution in [0, 0.1) is 0 Å². The Kier molecular flexibility index (Phi) is 3.13. The Morgan fingerprint density at radius 1 is 1.82 bits per heavy atom. The van der Waals surface area contributed by atoms with Crippen molar-refractivity contribution in [3.63, 3.8) is 0 Å². The van der Waals surface area contributed by atoms with E-state index in [9.17, 15) is 13.6 Å². The first kappa shape index (κ1) is 10.0. The quantitative estimate of drug-likeness (QED) is 0.600. The molecule has 11 heavy (non-hydrogen) atoms. The minimum Gasteiger partial charge on any atom is -0.477 e. The lowest BCUT2D eigenvalue weighted by Crippen LogP contribution is -2.46. The lowest BCUT2D eigenvalue weighted by molar-refractivity contribution is -0.167. The van der Waals surface area contributed by atoms with E-state index >= 15 is 0 Å². The molecular weight excluding hydrogens is 156 g/mol. The van der Waals surface area contributed by atoms with Gasteiger partial charge in [-0.1, -0.05) is 6.08 Å². The van der Waals surface area contributed by atoms with E-state index < -0.39 is 17.9 Å². The van der Waals surface area contributed by atoms with Gasteiger partial charge in [0.25, 0.3) is 0 Å². The molecule has 0 aliphatic carbocycles. The molecule has 0 aliphatic heterocycles. The van der Waals surface area contributed by atoms with Crippen LogP contribution in [0.5, 0.6) is 0 Å². The van der Waals surface area contributed by atoms with Crippen molar-refractivity contribution < 1.29 is 18.7 Å². The second kappa shape index (κ2) is 3.43. The molecule has 0 amide bonds. The summed E-state index contributed by atoms with van der Waals surface area (Å²) in [6.45, 7) is 3.17. The Morgan fingerprint density at radius 3 is 2.55 bits per heavy atom. The van der Waals surface area contributed by atoms with E-state index in [2.05, 4.69) is 6.58 Å². The molecule has 3 N–H and O–H groups in total. The van der Waals surface area contributed by atoms with Gasteiger partial charge >= 0.3 is 11.9 Å². The molecule has 5 heteroatoms. The maximum absolute atomic E-state index is 12.4. The minimum absolute atomic E-state index is 0.223. The molecule has 0 saturated heterocycles. The van der Waals surface area contributed by atoms with Gasteiger partial charge in [-0.2, -0.15) is 8.78 Å². The number of rotatable bonds is 4. The summed E-state index contributed by atoms with van der Waals surface area (Å²) in [4.78, 5) is 9.87. The summed E-state index contributed by atoms with van der Waals surface area (Å²) in [5, 5.41) is 7.97. The minimum atomic E-state index is -3.87. The number of halogens is 2. The van der Waals surface area contributed by atoms with E-state index in [0.717, 1.165) is 6.08 Å². The molecule has 0 aromatic heterocycles. The van der Waals surface area contributed by atoms with Gasteiger partial charge in [-0.25, -0.2) is 4.79 Å². The summed E-state index contributed by atoms with van der Waals surface area (Å²) in [6.07, 6.45) is 0.931. The van der Waals surface area contributed by atoms with E-state index in [0.29, 0.717) is 0 Å². The highest BCUT2D eigenvalue weighted by molar-refractivity contribution is 5.76. The van der Waals surface area contributed by atoms with Crippen LogP contribution in [0.3, 0.4) is 0 Å². The smallest absolute Gasteiger partial charge is 0.376 e. The zero-order valence-electron chi connectivity index (χ0n) is 5.76. The number of alkyl halides is 2. The maximum Gasteiger partial charge on any atom is 0.376 e. The van der Waals surface area contributed by atoms with E-state index in [1.807, 2.05) is 0 Å². The van der Waals surface area contributed by atoms with Crippen LogP contribution >= 0.6 is 0 Å². The molecule has 0 spiro atoms. The third kappa shape index (κ3) is 2.27. The van der Waals surface area contributed by atoms with Crippen molar-refractivity contribution in [3.05, 3.63) is 12.7 Å². The third-order valence-corrected chi connectivity index (χ3v) is 1.17. The van der Waals surface area contributed by atoms with Crippen molar-refractivity contribution in [1.29, 1.82) is 0 Å². The van der Waals surface area contributed by atoms with E-state index in [1.165, 1.54) is 0 Å². The average Bonchev–Trinajstić information content (AvgIpc) is 1.88. The van der Waals surface area contributed by atoms with E-state index in [4.69, 9.17) is 10.8 Å². The van der Waals surface area contributed by atoms with Crippen LogP contribution in [-0.4, -0.2) is 23.0 Å². The Balaban J connectivity index is 4.28. The maximum atomic E-state index is 12.4. The highest BCUT2D eigenvalue weighted by Crippen LogP contribution is 2.19. The van der Waals surface area contributed by atoms with Crippen molar-refractivity contribution in [2.45, 2.75) is 18.4 Å². The van der Waals surface area contributed by atoms with Crippen molar-refractivity contribution in [1.82, 2.24) is 0 Å². The van der Waals surface area contributed by atoms with Crippen LogP contribution in [0.2, 0.25) is 0 Å². The van der Waals surface area contributed by atoms with Crippen molar-refractivity contribution >= 4 is 5.97 Å². The molecule has 64 valence electrons. The fourth-order valence-corrected chi connectivity index (χ4v) is 0.486.